The van der Waals surface area contributed by atoms with Crippen molar-refractivity contribution < 1.29 is 23.8 Å². The SMILES string of the molecule is CCOCCC(=O)Oc1ccc(C(=O)OC)cc1. The first-order valence-electron chi connectivity index (χ1n) is 5.64. The van der Waals surface area contributed by atoms with Crippen molar-refractivity contribution in [2.24, 2.45) is 0 Å². The van der Waals surface area contributed by atoms with Gasteiger partial charge in [-0.2, -0.15) is 0 Å². The maximum Gasteiger partial charge on any atom is 0.337 e. The van der Waals surface area contributed by atoms with Gasteiger partial charge in [0.1, 0.15) is 5.75 Å². The summed E-state index contributed by atoms with van der Waals surface area (Å²) in [4.78, 5) is 22.5. The number of benzene rings is 1. The summed E-state index contributed by atoms with van der Waals surface area (Å²) in [7, 11) is 1.31. The molecule has 5 heteroatoms. The Morgan fingerprint density at radius 3 is 2.39 bits per heavy atom. The van der Waals surface area contributed by atoms with Gasteiger partial charge in [0.25, 0.3) is 0 Å². The molecule has 0 aromatic heterocycles. The summed E-state index contributed by atoms with van der Waals surface area (Å²) in [6, 6.07) is 6.17. The van der Waals surface area contributed by atoms with Gasteiger partial charge in [0, 0.05) is 6.61 Å². The van der Waals surface area contributed by atoms with Crippen LogP contribution in [-0.2, 0) is 14.3 Å². The molecular weight excluding hydrogens is 236 g/mol. The molecule has 0 aliphatic heterocycles. The number of ether oxygens (including phenoxy) is 3. The van der Waals surface area contributed by atoms with Crippen LogP contribution in [0.25, 0.3) is 0 Å². The van der Waals surface area contributed by atoms with E-state index in [0.717, 1.165) is 0 Å². The molecule has 0 amide bonds. The molecule has 1 aromatic rings. The number of methoxy groups -OCH3 is 1. The number of carbonyl (C=O) groups excluding carboxylic acids is 2. The molecular formula is C13H16O5. The molecule has 1 aromatic carbocycles. The predicted octanol–water partition coefficient (Wildman–Crippen LogP) is 1.81. The second-order valence-corrected chi connectivity index (χ2v) is 3.44. The zero-order chi connectivity index (χ0) is 13.4. The van der Waals surface area contributed by atoms with Gasteiger partial charge < -0.3 is 14.2 Å². The summed E-state index contributed by atoms with van der Waals surface area (Å²) in [6.45, 7) is 2.77. The largest absolute Gasteiger partial charge is 0.465 e. The molecule has 0 spiro atoms. The maximum absolute atomic E-state index is 11.4. The summed E-state index contributed by atoms with van der Waals surface area (Å²) >= 11 is 0. The third-order valence-electron chi connectivity index (χ3n) is 2.16. The molecule has 5 nitrogen and oxygen atoms in total. The number of rotatable bonds is 6. The molecule has 1 rings (SSSR count). The van der Waals surface area contributed by atoms with Crippen LogP contribution < -0.4 is 4.74 Å². The van der Waals surface area contributed by atoms with Crippen LogP contribution in [0.15, 0.2) is 24.3 Å². The minimum absolute atomic E-state index is 0.201. The van der Waals surface area contributed by atoms with Crippen molar-refractivity contribution in [3.8, 4) is 5.75 Å². The monoisotopic (exact) mass is 252 g/mol. The molecule has 18 heavy (non-hydrogen) atoms. The van der Waals surface area contributed by atoms with Crippen molar-refractivity contribution in [1.82, 2.24) is 0 Å². The van der Waals surface area contributed by atoms with Gasteiger partial charge in [-0.3, -0.25) is 4.79 Å². The van der Waals surface area contributed by atoms with E-state index >= 15 is 0 Å². The van der Waals surface area contributed by atoms with Crippen molar-refractivity contribution in [2.45, 2.75) is 13.3 Å². The molecule has 0 atom stereocenters. The zero-order valence-electron chi connectivity index (χ0n) is 10.5. The first-order chi connectivity index (χ1) is 8.67. The van der Waals surface area contributed by atoms with Gasteiger partial charge in [-0.15, -0.1) is 0 Å². The number of hydrogen-bond acceptors (Lipinski definition) is 5. The molecule has 0 unspecified atom stereocenters. The average molecular weight is 252 g/mol. The highest BCUT2D eigenvalue weighted by molar-refractivity contribution is 5.89. The maximum atomic E-state index is 11.4. The first-order valence-corrected chi connectivity index (χ1v) is 5.64. The summed E-state index contributed by atoms with van der Waals surface area (Å²) in [5.41, 5.74) is 0.409. The summed E-state index contributed by atoms with van der Waals surface area (Å²) < 4.78 is 14.7. The highest BCUT2D eigenvalue weighted by Gasteiger charge is 2.07. The van der Waals surface area contributed by atoms with E-state index < -0.39 is 5.97 Å². The second kappa shape index (κ2) is 7.45. The van der Waals surface area contributed by atoms with E-state index in [1.807, 2.05) is 6.92 Å². The minimum atomic E-state index is -0.427. The van der Waals surface area contributed by atoms with Crippen molar-refractivity contribution in [1.29, 1.82) is 0 Å². The zero-order valence-corrected chi connectivity index (χ0v) is 10.5. The van der Waals surface area contributed by atoms with E-state index in [4.69, 9.17) is 9.47 Å². The van der Waals surface area contributed by atoms with Crippen molar-refractivity contribution in [2.75, 3.05) is 20.3 Å². The first kappa shape index (κ1) is 14.2. The van der Waals surface area contributed by atoms with Gasteiger partial charge in [0.2, 0.25) is 0 Å². The Bertz CT molecular complexity index is 396. The van der Waals surface area contributed by atoms with Crippen LogP contribution >= 0.6 is 0 Å². The van der Waals surface area contributed by atoms with Gasteiger partial charge in [-0.1, -0.05) is 0 Å². The highest BCUT2D eigenvalue weighted by atomic mass is 16.5. The van der Waals surface area contributed by atoms with E-state index in [0.29, 0.717) is 24.5 Å². The normalized spacial score (nSPS) is 9.89. The molecule has 0 bridgehead atoms. The summed E-state index contributed by atoms with van der Waals surface area (Å²) in [6.07, 6.45) is 0.201. The van der Waals surface area contributed by atoms with E-state index in [9.17, 15) is 9.59 Å². The molecule has 0 aliphatic carbocycles. The van der Waals surface area contributed by atoms with Crippen LogP contribution in [0.4, 0.5) is 0 Å². The molecule has 0 saturated carbocycles. The van der Waals surface area contributed by atoms with E-state index in [-0.39, 0.29) is 12.4 Å². The van der Waals surface area contributed by atoms with Gasteiger partial charge in [-0.05, 0) is 31.2 Å². The fourth-order valence-corrected chi connectivity index (χ4v) is 1.26. The molecule has 0 saturated heterocycles. The van der Waals surface area contributed by atoms with E-state index in [2.05, 4.69) is 4.74 Å². The molecule has 0 fully saturated rings. The lowest BCUT2D eigenvalue weighted by Crippen LogP contribution is -2.11. The summed E-state index contributed by atoms with van der Waals surface area (Å²) in [5.74, 6) is -0.400. The van der Waals surface area contributed by atoms with Crippen LogP contribution in [0.1, 0.15) is 23.7 Å². The smallest absolute Gasteiger partial charge is 0.337 e. The lowest BCUT2D eigenvalue weighted by Gasteiger charge is -2.05. The topological polar surface area (TPSA) is 61.8 Å². The fraction of sp³-hybridized carbons (Fsp3) is 0.385. The van der Waals surface area contributed by atoms with Gasteiger partial charge in [0.15, 0.2) is 0 Å². The van der Waals surface area contributed by atoms with Crippen LogP contribution in [0.5, 0.6) is 5.75 Å². The number of esters is 2. The van der Waals surface area contributed by atoms with Crippen molar-refractivity contribution >= 4 is 11.9 Å². The second-order valence-electron chi connectivity index (χ2n) is 3.44. The van der Waals surface area contributed by atoms with Crippen LogP contribution in [-0.4, -0.2) is 32.3 Å². The van der Waals surface area contributed by atoms with Gasteiger partial charge >= 0.3 is 11.9 Å². The van der Waals surface area contributed by atoms with E-state index in [1.165, 1.54) is 19.2 Å². The third kappa shape index (κ3) is 4.55. The third-order valence-corrected chi connectivity index (χ3v) is 2.16. The Balaban J connectivity index is 2.48. The van der Waals surface area contributed by atoms with Crippen LogP contribution in [0.3, 0.4) is 0 Å². The average Bonchev–Trinajstić information content (AvgIpc) is 2.39. The number of carbonyl (C=O) groups is 2. The lowest BCUT2D eigenvalue weighted by atomic mass is 10.2. The van der Waals surface area contributed by atoms with E-state index in [1.54, 1.807) is 12.1 Å². The minimum Gasteiger partial charge on any atom is -0.465 e. The summed E-state index contributed by atoms with van der Waals surface area (Å²) in [5, 5.41) is 0. The quantitative estimate of drug-likeness (QED) is 0.439. The Kier molecular flexibility index (Phi) is 5.87. The van der Waals surface area contributed by atoms with Crippen molar-refractivity contribution in [3.63, 3.8) is 0 Å². The molecule has 0 aliphatic rings. The Labute approximate surface area is 106 Å². The Morgan fingerprint density at radius 1 is 1.17 bits per heavy atom. The Morgan fingerprint density at radius 2 is 1.83 bits per heavy atom. The van der Waals surface area contributed by atoms with Gasteiger partial charge in [-0.25, -0.2) is 4.79 Å². The molecule has 0 N–H and O–H groups in total. The van der Waals surface area contributed by atoms with Crippen LogP contribution in [0.2, 0.25) is 0 Å². The predicted molar refractivity (Wildman–Crippen MR) is 64.5 cm³/mol. The standard InChI is InChI=1S/C13H16O5/c1-3-17-9-8-12(14)18-11-6-4-10(5-7-11)13(15)16-2/h4-7H,3,8-9H2,1-2H3. The van der Waals surface area contributed by atoms with Crippen molar-refractivity contribution in [3.05, 3.63) is 29.8 Å². The molecule has 98 valence electrons. The fourth-order valence-electron chi connectivity index (χ4n) is 1.26. The van der Waals surface area contributed by atoms with Crippen LogP contribution in [0, 0.1) is 0 Å². The van der Waals surface area contributed by atoms with Gasteiger partial charge in [0.05, 0.1) is 25.7 Å². The highest BCUT2D eigenvalue weighted by Crippen LogP contribution is 2.13. The molecule has 0 radical (unpaired) electrons. The Hall–Kier alpha value is -1.88. The lowest BCUT2D eigenvalue weighted by molar-refractivity contribution is -0.135. The number of hydrogen-bond donors (Lipinski definition) is 0. The molecule has 0 heterocycles.